The van der Waals surface area contributed by atoms with Gasteiger partial charge in [-0.3, -0.25) is 14.6 Å². The molecule has 49 heavy (non-hydrogen) atoms. The van der Waals surface area contributed by atoms with Crippen molar-refractivity contribution in [2.24, 2.45) is 0 Å². The SMILES string of the molecule is COC(=O)c1cc(C)c(OC(=O)CCCc2ccc(NC(O)c3ccc(C)nc3-c3ccc(C(F)(F)F)cc3)c(C(=O)N(C)C)c2)c(Cl)c1. The number of carbonyl (C=O) groups excluding carboxylic acids is 3. The molecular weight excluding hydrogens is 663 g/mol. The van der Waals surface area contributed by atoms with Gasteiger partial charge in [-0.2, -0.15) is 13.2 Å². The van der Waals surface area contributed by atoms with Gasteiger partial charge in [-0.25, -0.2) is 4.79 Å². The van der Waals surface area contributed by atoms with Crippen molar-refractivity contribution in [1.82, 2.24) is 9.88 Å². The number of carbonyl (C=O) groups is 3. The average molecular weight is 698 g/mol. The van der Waals surface area contributed by atoms with Crippen molar-refractivity contribution in [2.45, 2.75) is 45.5 Å². The highest BCUT2D eigenvalue weighted by molar-refractivity contribution is 6.32. The molecule has 1 heterocycles. The minimum absolute atomic E-state index is 0.0390. The number of hydrogen-bond acceptors (Lipinski definition) is 8. The van der Waals surface area contributed by atoms with Crippen LogP contribution >= 0.6 is 11.6 Å². The second kappa shape index (κ2) is 15.5. The predicted octanol–water partition coefficient (Wildman–Crippen LogP) is 7.56. The van der Waals surface area contributed by atoms with Gasteiger partial charge in [0.25, 0.3) is 5.91 Å². The van der Waals surface area contributed by atoms with Crippen LogP contribution in [0.5, 0.6) is 5.75 Å². The van der Waals surface area contributed by atoms with E-state index < -0.39 is 29.9 Å². The van der Waals surface area contributed by atoms with E-state index in [2.05, 4.69) is 10.3 Å². The zero-order valence-corrected chi connectivity index (χ0v) is 28.2. The number of esters is 2. The molecule has 258 valence electrons. The van der Waals surface area contributed by atoms with Crippen LogP contribution in [-0.2, 0) is 22.1 Å². The van der Waals surface area contributed by atoms with Crippen LogP contribution in [0.1, 0.15) is 67.7 Å². The number of aromatic nitrogens is 1. The summed E-state index contributed by atoms with van der Waals surface area (Å²) in [4.78, 5) is 43.5. The van der Waals surface area contributed by atoms with E-state index in [1.807, 2.05) is 0 Å². The highest BCUT2D eigenvalue weighted by Gasteiger charge is 2.30. The van der Waals surface area contributed by atoms with Crippen LogP contribution in [0.3, 0.4) is 0 Å². The number of hydrogen-bond donors (Lipinski definition) is 2. The fourth-order valence-corrected chi connectivity index (χ4v) is 5.35. The van der Waals surface area contributed by atoms with Gasteiger partial charge in [0.1, 0.15) is 0 Å². The number of benzene rings is 3. The number of aliphatic hydroxyl groups excluding tert-OH is 1. The highest BCUT2D eigenvalue weighted by atomic mass is 35.5. The lowest BCUT2D eigenvalue weighted by atomic mass is 10.0. The number of rotatable bonds is 11. The number of alkyl halides is 3. The molecule has 0 aliphatic rings. The molecule has 0 bridgehead atoms. The molecule has 4 aromatic rings. The van der Waals surface area contributed by atoms with Crippen LogP contribution in [0.4, 0.5) is 18.9 Å². The minimum Gasteiger partial charge on any atom is -0.465 e. The summed E-state index contributed by atoms with van der Waals surface area (Å²) in [5.74, 6) is -1.29. The third-order valence-corrected chi connectivity index (χ3v) is 7.85. The Morgan fingerprint density at radius 3 is 2.31 bits per heavy atom. The lowest BCUT2D eigenvalue weighted by molar-refractivity contribution is -0.137. The molecular formula is C36H35ClF3N3O6. The average Bonchev–Trinajstić information content (AvgIpc) is 3.05. The first-order valence-electron chi connectivity index (χ1n) is 15.1. The highest BCUT2D eigenvalue weighted by Crippen LogP contribution is 2.34. The predicted molar refractivity (Wildman–Crippen MR) is 179 cm³/mol. The van der Waals surface area contributed by atoms with E-state index >= 15 is 0 Å². The number of aliphatic hydroxyl groups is 1. The molecule has 4 rings (SSSR count). The van der Waals surface area contributed by atoms with Crippen molar-refractivity contribution in [3.05, 3.63) is 111 Å². The Labute approximate surface area is 286 Å². The van der Waals surface area contributed by atoms with Crippen LogP contribution in [0.2, 0.25) is 5.02 Å². The molecule has 13 heteroatoms. The van der Waals surface area contributed by atoms with Crippen molar-refractivity contribution >= 4 is 35.1 Å². The zero-order valence-electron chi connectivity index (χ0n) is 27.4. The van der Waals surface area contributed by atoms with E-state index in [1.165, 1.54) is 36.3 Å². The summed E-state index contributed by atoms with van der Waals surface area (Å²) >= 11 is 6.25. The fraction of sp³-hybridized carbons (Fsp3) is 0.278. The number of nitrogens with one attached hydrogen (secondary N) is 1. The van der Waals surface area contributed by atoms with Gasteiger partial charge in [-0.15, -0.1) is 0 Å². The van der Waals surface area contributed by atoms with Gasteiger partial charge in [0, 0.05) is 43.0 Å². The van der Waals surface area contributed by atoms with Gasteiger partial charge in [-0.05, 0) is 80.3 Å². The van der Waals surface area contributed by atoms with Crippen LogP contribution in [0.25, 0.3) is 11.3 Å². The molecule has 9 nitrogen and oxygen atoms in total. The number of ether oxygens (including phenoxy) is 2. The smallest absolute Gasteiger partial charge is 0.416 e. The lowest BCUT2D eigenvalue weighted by Gasteiger charge is -2.21. The maximum absolute atomic E-state index is 13.2. The number of nitrogens with zero attached hydrogens (tertiary/aromatic N) is 2. The summed E-state index contributed by atoms with van der Waals surface area (Å²) in [5.41, 5.74) is 2.79. The fourth-order valence-electron chi connectivity index (χ4n) is 5.05. The van der Waals surface area contributed by atoms with Gasteiger partial charge in [-0.1, -0.05) is 35.9 Å². The minimum atomic E-state index is -4.50. The van der Waals surface area contributed by atoms with E-state index in [0.29, 0.717) is 40.9 Å². The molecule has 1 aromatic heterocycles. The number of amides is 1. The maximum atomic E-state index is 13.2. The van der Waals surface area contributed by atoms with Crippen molar-refractivity contribution in [3.8, 4) is 17.0 Å². The Morgan fingerprint density at radius 2 is 1.69 bits per heavy atom. The first-order valence-corrected chi connectivity index (χ1v) is 15.5. The monoisotopic (exact) mass is 697 g/mol. The summed E-state index contributed by atoms with van der Waals surface area (Å²) in [7, 11) is 4.42. The normalized spacial score (nSPS) is 11.9. The third-order valence-electron chi connectivity index (χ3n) is 7.57. The van der Waals surface area contributed by atoms with Gasteiger partial charge < -0.3 is 24.8 Å². The van der Waals surface area contributed by atoms with E-state index in [-0.39, 0.29) is 39.9 Å². The Hall–Kier alpha value is -4.94. The summed E-state index contributed by atoms with van der Waals surface area (Å²) < 4.78 is 49.6. The third kappa shape index (κ3) is 9.15. The summed E-state index contributed by atoms with van der Waals surface area (Å²) in [5, 5.41) is 14.3. The molecule has 3 aromatic carbocycles. The Balaban J connectivity index is 1.49. The summed E-state index contributed by atoms with van der Waals surface area (Å²) in [6.45, 7) is 3.38. The second-order valence-electron chi connectivity index (χ2n) is 11.5. The van der Waals surface area contributed by atoms with E-state index in [4.69, 9.17) is 21.1 Å². The number of aryl methyl sites for hydroxylation is 3. The van der Waals surface area contributed by atoms with Crippen LogP contribution < -0.4 is 10.1 Å². The lowest BCUT2D eigenvalue weighted by Crippen LogP contribution is -2.24. The molecule has 1 unspecified atom stereocenters. The summed E-state index contributed by atoms with van der Waals surface area (Å²) in [6, 6.07) is 15.7. The Bertz CT molecular complexity index is 1840. The van der Waals surface area contributed by atoms with E-state index in [9.17, 15) is 32.7 Å². The number of pyridine rings is 1. The summed E-state index contributed by atoms with van der Waals surface area (Å²) in [6.07, 6.45) is -5.04. The zero-order chi connectivity index (χ0) is 36.0. The molecule has 0 aliphatic heterocycles. The topological polar surface area (TPSA) is 118 Å². The van der Waals surface area contributed by atoms with Crippen molar-refractivity contribution in [2.75, 3.05) is 26.5 Å². The quantitative estimate of drug-likeness (QED) is 0.0937. The standard InChI is InChI=1S/C36H35ClF3N3O6/c1-20-17-24(35(47)48-5)19-28(37)32(20)49-30(44)8-6-7-22-10-16-29(27(18-22)34(46)43(3)4)42-33(45)26-15-9-21(2)41-31(26)23-11-13-25(14-12-23)36(38,39)40/h9-19,33,42,45H,6-8H2,1-5H3. The molecule has 0 saturated heterocycles. The maximum Gasteiger partial charge on any atom is 0.416 e. The van der Waals surface area contributed by atoms with Crippen LogP contribution in [0.15, 0.2) is 66.7 Å². The van der Waals surface area contributed by atoms with Gasteiger partial charge in [0.2, 0.25) is 0 Å². The van der Waals surface area contributed by atoms with Crippen LogP contribution in [-0.4, -0.2) is 54.0 Å². The molecule has 0 saturated carbocycles. The van der Waals surface area contributed by atoms with Gasteiger partial charge >= 0.3 is 18.1 Å². The Kier molecular flexibility index (Phi) is 11.7. The largest absolute Gasteiger partial charge is 0.465 e. The molecule has 1 amide bonds. The van der Waals surface area contributed by atoms with Gasteiger partial charge in [0.15, 0.2) is 12.0 Å². The van der Waals surface area contributed by atoms with Gasteiger partial charge in [0.05, 0.1) is 34.5 Å². The van der Waals surface area contributed by atoms with E-state index in [0.717, 1.165) is 17.7 Å². The molecule has 0 radical (unpaired) electrons. The first-order chi connectivity index (χ1) is 23.1. The number of methoxy groups -OCH3 is 1. The molecule has 0 fully saturated rings. The number of anilines is 1. The molecule has 0 spiro atoms. The molecule has 0 aliphatic carbocycles. The van der Waals surface area contributed by atoms with Crippen LogP contribution in [0, 0.1) is 13.8 Å². The van der Waals surface area contributed by atoms with Crippen molar-refractivity contribution < 1.29 is 42.1 Å². The first kappa shape index (κ1) is 36.9. The molecule has 1 atom stereocenters. The van der Waals surface area contributed by atoms with E-state index in [1.54, 1.807) is 58.3 Å². The molecule has 2 N–H and O–H groups in total. The number of halogens is 4. The van der Waals surface area contributed by atoms with Crippen molar-refractivity contribution in [1.29, 1.82) is 0 Å². The Morgan fingerprint density at radius 1 is 1.00 bits per heavy atom. The second-order valence-corrected chi connectivity index (χ2v) is 11.9. The van der Waals surface area contributed by atoms with Crippen molar-refractivity contribution in [3.63, 3.8) is 0 Å².